The van der Waals surface area contributed by atoms with Crippen LogP contribution in [0.1, 0.15) is 194 Å². The Hall–Kier alpha value is -12.6. The lowest BCUT2D eigenvalue weighted by atomic mass is 9.75. The number of amides is 2. The zero-order valence-electron chi connectivity index (χ0n) is 74.4. The van der Waals surface area contributed by atoms with E-state index in [-0.39, 0.29) is 87.6 Å². The molecule has 26 nitrogen and oxygen atoms in total. The van der Waals surface area contributed by atoms with Crippen LogP contribution in [-0.4, -0.2) is 149 Å². The van der Waals surface area contributed by atoms with Gasteiger partial charge in [-0.05, 0) is 235 Å². The van der Waals surface area contributed by atoms with Gasteiger partial charge in [0.1, 0.15) is 40.8 Å². The quantitative estimate of drug-likeness (QED) is 0.0354. The second-order valence-electron chi connectivity index (χ2n) is 35.9. The van der Waals surface area contributed by atoms with Gasteiger partial charge in [0.15, 0.2) is 40.5 Å². The SMILES string of the molecule is [C-]#[N+]c1cn2[nH]c(-c3ccc(N(C)c4ccccc4)c(C)c3)nc2c1C(=O)OC1C(C)CC(C)CC1C.[C-]#[N+]c1cn2[nH]c(-c3ccc(N4CCCCC4)c(C)c3)nc2c1C(=O)OC1C(C)CC(C)CC1C.[C-]#[N+]c1cn2[nH]c(-c3ccc(N4CCN(C(C)=O)CC4)c(NC(=O)C(CC)Oc4ccc(C)cc4C)c3)nc2c1C(=O)OC1C(C)CC(C)CC1C. The van der Waals surface area contributed by atoms with E-state index in [4.69, 9.17) is 53.6 Å². The molecule has 6 aromatic heterocycles. The molecule has 124 heavy (non-hydrogen) atoms. The fraction of sp³-hybridized carbons (Fsp3) is 0.459. The highest BCUT2D eigenvalue weighted by atomic mass is 16.6. The number of hydrogen-bond donors (Lipinski definition) is 4. The summed E-state index contributed by atoms with van der Waals surface area (Å²) in [5.41, 5.74) is 14.2. The number of piperidine rings is 1. The molecule has 648 valence electrons. The summed E-state index contributed by atoms with van der Waals surface area (Å²) in [4.78, 5) is 99.9. The molecule has 5 aromatic carbocycles. The van der Waals surface area contributed by atoms with Crippen LogP contribution in [0.25, 0.3) is 65.6 Å². The molecule has 0 radical (unpaired) electrons. The average molecular weight is 1680 g/mol. The summed E-state index contributed by atoms with van der Waals surface area (Å²) < 4.78 is 29.3. The molecule has 2 saturated heterocycles. The third-order valence-electron chi connectivity index (χ3n) is 25.9. The van der Waals surface area contributed by atoms with Crippen molar-refractivity contribution >= 4 is 92.2 Å². The van der Waals surface area contributed by atoms with Crippen LogP contribution in [-0.2, 0) is 23.8 Å². The highest BCUT2D eigenvalue weighted by molar-refractivity contribution is 6.05. The Balaban J connectivity index is 0.000000155. The van der Waals surface area contributed by atoms with E-state index in [2.05, 4.69) is 168 Å². The summed E-state index contributed by atoms with van der Waals surface area (Å²) >= 11 is 0. The molecule has 3 saturated carbocycles. The van der Waals surface area contributed by atoms with E-state index in [0.29, 0.717) is 114 Å². The molecular weight excluding hydrogens is 1560 g/mol. The van der Waals surface area contributed by atoms with Gasteiger partial charge in [0, 0.05) is 106 Å². The number of nitrogens with zero attached hydrogens (tertiary/aromatic N) is 13. The van der Waals surface area contributed by atoms with Crippen molar-refractivity contribution in [1.29, 1.82) is 0 Å². The van der Waals surface area contributed by atoms with Gasteiger partial charge < -0.3 is 43.9 Å². The fourth-order valence-corrected chi connectivity index (χ4v) is 20.0. The number of fused-ring (bicyclic) bond motifs is 3. The minimum Gasteiger partial charge on any atom is -0.480 e. The van der Waals surface area contributed by atoms with E-state index in [1.54, 1.807) is 39.1 Å². The number of nitrogens with one attached hydrogen (secondary N) is 4. The minimum absolute atomic E-state index is 0.0362. The molecule has 7 unspecified atom stereocenters. The Morgan fingerprint density at radius 1 is 0.492 bits per heavy atom. The number of ether oxygens (including phenoxy) is 4. The maximum Gasteiger partial charge on any atom is 0.331 e. The first-order valence-electron chi connectivity index (χ1n) is 44.0. The van der Waals surface area contributed by atoms with Crippen LogP contribution in [0.5, 0.6) is 5.75 Å². The summed E-state index contributed by atoms with van der Waals surface area (Å²) in [5, 5.41) is 12.9. The topological polar surface area (TPSA) is 260 Å². The molecule has 5 fully saturated rings. The maximum absolute atomic E-state index is 13.9. The zero-order valence-corrected chi connectivity index (χ0v) is 74.4. The number of esters is 3. The third kappa shape index (κ3) is 18.8. The van der Waals surface area contributed by atoms with Crippen molar-refractivity contribution in [1.82, 2.24) is 48.7 Å². The summed E-state index contributed by atoms with van der Waals surface area (Å²) in [5.74, 6) is 4.08. The van der Waals surface area contributed by atoms with Gasteiger partial charge in [-0.1, -0.05) is 105 Å². The van der Waals surface area contributed by atoms with Gasteiger partial charge in [0.25, 0.3) is 5.91 Å². The van der Waals surface area contributed by atoms with Crippen molar-refractivity contribution in [3.63, 3.8) is 0 Å². The first-order chi connectivity index (χ1) is 59.5. The number of H-pyrrole nitrogens is 3. The highest BCUT2D eigenvalue weighted by Crippen LogP contribution is 2.43. The number of carbonyl (C=O) groups excluding carboxylic acids is 5. The number of carbonyl (C=O) groups is 5. The van der Waals surface area contributed by atoms with Gasteiger partial charge in [0.05, 0.1) is 31.1 Å². The molecule has 4 N–H and O–H groups in total. The maximum atomic E-state index is 13.9. The summed E-state index contributed by atoms with van der Waals surface area (Å²) in [6.07, 6.45) is 13.9. The Morgan fingerprint density at radius 3 is 1.31 bits per heavy atom. The summed E-state index contributed by atoms with van der Waals surface area (Å²) in [6, 6.07) is 34.3. The molecular formula is C98H117N17O9. The Bertz CT molecular complexity index is 5850. The molecule has 16 rings (SSSR count). The van der Waals surface area contributed by atoms with Crippen LogP contribution in [0.3, 0.4) is 0 Å². The number of rotatable bonds is 18. The minimum atomic E-state index is -0.742. The van der Waals surface area contributed by atoms with Crippen molar-refractivity contribution in [3.8, 4) is 39.9 Å². The highest BCUT2D eigenvalue weighted by Gasteiger charge is 2.40. The van der Waals surface area contributed by atoms with E-state index >= 15 is 0 Å². The Kier molecular flexibility index (Phi) is 26.6. The normalized spacial score (nSPS) is 22.3. The molecule has 2 aliphatic heterocycles. The number of hydrogen-bond acceptors (Lipinski definition) is 15. The molecule has 7 atom stereocenters. The van der Waals surface area contributed by atoms with Gasteiger partial charge in [-0.3, -0.25) is 38.4 Å². The first kappa shape index (κ1) is 87.7. The monoisotopic (exact) mass is 1680 g/mol. The summed E-state index contributed by atoms with van der Waals surface area (Å²) in [7, 11) is 2.05. The lowest BCUT2D eigenvalue weighted by Gasteiger charge is -2.37. The summed E-state index contributed by atoms with van der Waals surface area (Å²) in [6.45, 7) is 58.7. The van der Waals surface area contributed by atoms with Crippen molar-refractivity contribution in [3.05, 3.63) is 195 Å². The van der Waals surface area contributed by atoms with E-state index < -0.39 is 24.0 Å². The second kappa shape index (κ2) is 37.6. The van der Waals surface area contributed by atoms with Crippen LogP contribution < -0.4 is 24.8 Å². The number of piperazine rings is 1. The molecule has 26 heteroatoms. The van der Waals surface area contributed by atoms with Crippen molar-refractivity contribution < 1.29 is 42.9 Å². The molecule has 11 aromatic rings. The number of anilines is 5. The van der Waals surface area contributed by atoms with E-state index in [1.165, 1.54) is 30.5 Å². The van der Waals surface area contributed by atoms with E-state index in [1.807, 2.05) is 93.4 Å². The van der Waals surface area contributed by atoms with Crippen molar-refractivity contribution in [2.75, 3.05) is 66.3 Å². The van der Waals surface area contributed by atoms with Crippen LogP contribution in [0, 0.1) is 101 Å². The van der Waals surface area contributed by atoms with Crippen LogP contribution in [0.2, 0.25) is 0 Å². The number of aromatic amines is 3. The van der Waals surface area contributed by atoms with Gasteiger partial charge in [-0.15, -0.1) is 0 Å². The largest absolute Gasteiger partial charge is 0.480 e. The smallest absolute Gasteiger partial charge is 0.331 e. The second-order valence-corrected chi connectivity index (χ2v) is 35.9. The van der Waals surface area contributed by atoms with Crippen LogP contribution >= 0.6 is 0 Å². The molecule has 5 aliphatic rings. The van der Waals surface area contributed by atoms with Crippen molar-refractivity contribution in [2.45, 2.75) is 192 Å². The lowest BCUT2D eigenvalue weighted by molar-refractivity contribution is -0.129. The predicted octanol–water partition coefficient (Wildman–Crippen LogP) is 20.8. The van der Waals surface area contributed by atoms with Crippen LogP contribution in [0.15, 0.2) is 122 Å². The molecule has 0 spiro atoms. The van der Waals surface area contributed by atoms with E-state index in [9.17, 15) is 24.0 Å². The average Bonchev–Trinajstić information content (AvgIpc) is 1.61. The molecule has 0 bridgehead atoms. The van der Waals surface area contributed by atoms with Crippen LogP contribution in [0.4, 0.5) is 45.5 Å². The van der Waals surface area contributed by atoms with E-state index in [0.717, 1.165) is 96.5 Å². The Morgan fingerprint density at radius 2 is 0.903 bits per heavy atom. The van der Waals surface area contributed by atoms with Gasteiger partial charge >= 0.3 is 17.9 Å². The number of benzene rings is 5. The number of para-hydroxylation sites is 1. The number of aryl methyl sites for hydroxylation is 4. The van der Waals surface area contributed by atoms with Gasteiger partial charge in [-0.25, -0.2) is 43.9 Å². The predicted molar refractivity (Wildman–Crippen MR) is 485 cm³/mol. The zero-order chi connectivity index (χ0) is 88.2. The molecule has 8 heterocycles. The number of aromatic nitrogens is 9. The molecule has 2 amide bonds. The fourth-order valence-electron chi connectivity index (χ4n) is 20.0. The lowest BCUT2D eigenvalue weighted by Crippen LogP contribution is -2.48. The van der Waals surface area contributed by atoms with Crippen molar-refractivity contribution in [2.24, 2.45) is 53.3 Å². The molecule has 3 aliphatic carbocycles. The first-order valence-corrected chi connectivity index (χ1v) is 44.0. The Labute approximate surface area is 726 Å². The third-order valence-corrected chi connectivity index (χ3v) is 25.9. The standard InChI is InChI=1S/C40H49N7O5.C30H33N5O2.C28H35N5O2/c1-9-33(51-34-13-10-23(2)18-25(34)4)39(49)42-30-21-29(11-12-32(30)46-16-14-45(15-17-46)28(7)48)37-43-38-35(31(41-8)22-47(38)44-37)40(50)52-36-26(5)19-24(3)20-27(36)6;1-18-14-20(3)27(21(4)15-18)37-30(36)26-24(31-5)17-35-29(26)32-28(33-35)22-12-13-25(19(2)16-22)34(6)23-10-8-7-9-11-23;1-17-13-19(3)25(20(4)14-17)35-28(34)24-22(29-5)16-33-27(24)30-26(31-33)21-9-10-23(18(2)15-21)32-11-7-6-8-12-32/h10-13,18,21-22,24,26-27,33,36H,9,14-17,19-20H2,1-7H3,(H,42,49)(H,43,44);7-13,16-18,20-21,27H,14-15H2,1-4,6H3,(H,32,33);9-10,15-17,19-20,25H,6-8,11-14H2,1-4H3,(H,30,31). The van der Waals surface area contributed by atoms with Gasteiger partial charge in [-0.2, -0.15) is 0 Å². The van der Waals surface area contributed by atoms with Gasteiger partial charge in [0.2, 0.25) is 23.0 Å².